The number of nitrogens with zero attached hydrogens (tertiary/aromatic N) is 1. The molecular formula is C22H23N3O7. The summed E-state index contributed by atoms with van der Waals surface area (Å²) in [5.41, 5.74) is 0.967. The summed E-state index contributed by atoms with van der Waals surface area (Å²) in [5.74, 6) is -1.23. The fraction of sp³-hybridized carbons (Fsp3) is 0.227. The van der Waals surface area contributed by atoms with Gasteiger partial charge in [-0.25, -0.2) is 4.79 Å². The predicted octanol–water partition coefficient (Wildman–Crippen LogP) is 2.69. The fourth-order valence-electron chi connectivity index (χ4n) is 2.45. The summed E-state index contributed by atoms with van der Waals surface area (Å²) >= 11 is 0. The number of esters is 1. The first-order valence-electron chi connectivity index (χ1n) is 9.58. The third kappa shape index (κ3) is 7.24. The van der Waals surface area contributed by atoms with Crippen molar-refractivity contribution in [3.63, 3.8) is 0 Å². The first-order chi connectivity index (χ1) is 15.2. The molecular weight excluding hydrogens is 418 g/mol. The third-order valence-electron chi connectivity index (χ3n) is 4.26. The first-order valence-corrected chi connectivity index (χ1v) is 9.58. The summed E-state index contributed by atoms with van der Waals surface area (Å²) in [7, 11) is 1.55. The molecule has 0 saturated heterocycles. The molecule has 10 nitrogen and oxygen atoms in total. The summed E-state index contributed by atoms with van der Waals surface area (Å²) in [6.45, 7) is 2.80. The second kappa shape index (κ2) is 11.3. The zero-order valence-electron chi connectivity index (χ0n) is 17.7. The van der Waals surface area contributed by atoms with Gasteiger partial charge < -0.3 is 20.1 Å². The van der Waals surface area contributed by atoms with Crippen LogP contribution < -0.4 is 15.4 Å². The van der Waals surface area contributed by atoms with E-state index in [1.165, 1.54) is 44.2 Å². The highest BCUT2D eigenvalue weighted by Gasteiger charge is 2.23. The van der Waals surface area contributed by atoms with Gasteiger partial charge in [0.1, 0.15) is 11.8 Å². The zero-order chi connectivity index (χ0) is 23.7. The third-order valence-corrected chi connectivity index (χ3v) is 4.26. The van der Waals surface area contributed by atoms with E-state index < -0.39 is 34.9 Å². The van der Waals surface area contributed by atoms with Crippen molar-refractivity contribution in [1.82, 2.24) is 5.32 Å². The van der Waals surface area contributed by atoms with E-state index >= 15 is 0 Å². The molecule has 0 bridgehead atoms. The molecule has 0 aliphatic rings. The molecule has 0 heterocycles. The van der Waals surface area contributed by atoms with Crippen molar-refractivity contribution in [3.05, 3.63) is 70.3 Å². The molecule has 2 aromatic carbocycles. The van der Waals surface area contributed by atoms with Gasteiger partial charge in [0.05, 0.1) is 12.0 Å². The lowest BCUT2D eigenvalue weighted by Gasteiger charge is -2.17. The Bertz CT molecular complexity index is 1000. The Balaban J connectivity index is 1.83. The molecule has 10 heteroatoms. The summed E-state index contributed by atoms with van der Waals surface area (Å²) in [5, 5.41) is 15.6. The minimum Gasteiger partial charge on any atom is -0.497 e. The number of methoxy groups -OCH3 is 1. The number of anilines is 1. The number of amides is 2. The largest absolute Gasteiger partial charge is 0.497 e. The number of hydrogen-bond donors (Lipinski definition) is 2. The number of nitro groups is 1. The molecule has 2 amide bonds. The Morgan fingerprint density at radius 3 is 2.22 bits per heavy atom. The van der Waals surface area contributed by atoms with Gasteiger partial charge in [-0.3, -0.25) is 19.7 Å². The SMILES string of the molecule is COc1ccc(C=CC(=O)NC(C)C(=O)OC(C)C(=O)Nc2ccc([N+](=O)[O-])cc2)cc1. The monoisotopic (exact) mass is 441 g/mol. The molecule has 2 N–H and O–H groups in total. The topological polar surface area (TPSA) is 137 Å². The zero-order valence-corrected chi connectivity index (χ0v) is 17.7. The van der Waals surface area contributed by atoms with Gasteiger partial charge in [-0.15, -0.1) is 0 Å². The predicted molar refractivity (Wildman–Crippen MR) is 117 cm³/mol. The smallest absolute Gasteiger partial charge is 0.329 e. The van der Waals surface area contributed by atoms with E-state index in [9.17, 15) is 24.5 Å². The molecule has 2 atom stereocenters. The van der Waals surface area contributed by atoms with Gasteiger partial charge in [-0.05, 0) is 49.8 Å². The van der Waals surface area contributed by atoms with E-state index in [2.05, 4.69) is 10.6 Å². The van der Waals surface area contributed by atoms with E-state index in [0.717, 1.165) is 5.56 Å². The first kappa shape index (κ1) is 24.1. The summed E-state index contributed by atoms with van der Waals surface area (Å²) < 4.78 is 10.1. The van der Waals surface area contributed by atoms with Crippen LogP contribution in [0.25, 0.3) is 6.08 Å². The van der Waals surface area contributed by atoms with Crippen LogP contribution in [0, 0.1) is 10.1 Å². The number of nitro benzene ring substituents is 1. The molecule has 32 heavy (non-hydrogen) atoms. The lowest BCUT2D eigenvalue weighted by Crippen LogP contribution is -2.41. The lowest BCUT2D eigenvalue weighted by molar-refractivity contribution is -0.384. The van der Waals surface area contributed by atoms with E-state index in [1.807, 2.05) is 0 Å². The van der Waals surface area contributed by atoms with Crippen LogP contribution in [0.4, 0.5) is 11.4 Å². The van der Waals surface area contributed by atoms with Gasteiger partial charge in [0, 0.05) is 23.9 Å². The van der Waals surface area contributed by atoms with Crippen LogP contribution in [-0.2, 0) is 19.1 Å². The molecule has 0 saturated carbocycles. The normalized spacial score (nSPS) is 12.5. The van der Waals surface area contributed by atoms with Crippen LogP contribution in [0.5, 0.6) is 5.75 Å². The van der Waals surface area contributed by atoms with Crippen molar-refractivity contribution >= 4 is 35.2 Å². The molecule has 168 valence electrons. The Labute approximate surface area is 184 Å². The average Bonchev–Trinajstić information content (AvgIpc) is 2.78. The van der Waals surface area contributed by atoms with Crippen molar-refractivity contribution in [2.45, 2.75) is 26.0 Å². The minimum absolute atomic E-state index is 0.118. The Hall–Kier alpha value is -4.21. The highest BCUT2D eigenvalue weighted by atomic mass is 16.6. The number of non-ortho nitro benzene ring substituents is 1. The Morgan fingerprint density at radius 2 is 1.66 bits per heavy atom. The quantitative estimate of drug-likeness (QED) is 0.264. The fourth-order valence-corrected chi connectivity index (χ4v) is 2.45. The lowest BCUT2D eigenvalue weighted by atomic mass is 10.2. The second-order valence-electron chi connectivity index (χ2n) is 6.71. The van der Waals surface area contributed by atoms with Crippen molar-refractivity contribution in [2.24, 2.45) is 0 Å². The minimum atomic E-state index is -1.15. The maximum atomic E-state index is 12.2. The number of carbonyl (C=O) groups excluding carboxylic acids is 3. The van der Waals surface area contributed by atoms with Gasteiger partial charge in [0.2, 0.25) is 5.91 Å². The molecule has 2 aromatic rings. The molecule has 0 fully saturated rings. The molecule has 0 spiro atoms. The van der Waals surface area contributed by atoms with Crippen molar-refractivity contribution in [3.8, 4) is 5.75 Å². The average molecular weight is 441 g/mol. The summed E-state index contributed by atoms with van der Waals surface area (Å²) in [6.07, 6.45) is 1.70. The molecule has 0 aliphatic heterocycles. The number of carbonyl (C=O) groups is 3. The summed E-state index contributed by atoms with van der Waals surface area (Å²) in [4.78, 5) is 46.5. The van der Waals surface area contributed by atoms with E-state index in [1.54, 1.807) is 37.5 Å². The van der Waals surface area contributed by atoms with Crippen LogP contribution in [0.15, 0.2) is 54.6 Å². The highest BCUT2D eigenvalue weighted by molar-refractivity contribution is 5.97. The van der Waals surface area contributed by atoms with E-state index in [4.69, 9.17) is 9.47 Å². The van der Waals surface area contributed by atoms with Crippen LogP contribution in [-0.4, -0.2) is 42.0 Å². The van der Waals surface area contributed by atoms with E-state index in [-0.39, 0.29) is 5.69 Å². The van der Waals surface area contributed by atoms with E-state index in [0.29, 0.717) is 11.4 Å². The second-order valence-corrected chi connectivity index (χ2v) is 6.71. The number of hydrogen-bond acceptors (Lipinski definition) is 7. The number of rotatable bonds is 9. The Morgan fingerprint density at radius 1 is 1.03 bits per heavy atom. The molecule has 0 radical (unpaired) electrons. The van der Waals surface area contributed by atoms with Crippen molar-refractivity contribution in [2.75, 3.05) is 12.4 Å². The van der Waals surface area contributed by atoms with Gasteiger partial charge in [0.15, 0.2) is 6.10 Å². The van der Waals surface area contributed by atoms with Crippen LogP contribution >= 0.6 is 0 Å². The standard InChI is InChI=1S/C22H23N3O7/c1-14(23-20(26)13-6-16-4-11-19(31-3)12-5-16)22(28)32-15(2)21(27)24-17-7-9-18(10-8-17)25(29)30/h4-15H,1-3H3,(H,23,26)(H,24,27). The number of benzene rings is 2. The maximum Gasteiger partial charge on any atom is 0.329 e. The van der Waals surface area contributed by atoms with Crippen molar-refractivity contribution < 1.29 is 28.8 Å². The number of nitrogens with one attached hydrogen (secondary N) is 2. The molecule has 2 rings (SSSR count). The van der Waals surface area contributed by atoms with Crippen LogP contribution in [0.2, 0.25) is 0 Å². The Kier molecular flexibility index (Phi) is 8.46. The maximum absolute atomic E-state index is 12.2. The van der Waals surface area contributed by atoms with Crippen LogP contribution in [0.3, 0.4) is 0 Å². The van der Waals surface area contributed by atoms with Gasteiger partial charge in [-0.1, -0.05) is 12.1 Å². The molecule has 0 aliphatic carbocycles. The number of ether oxygens (including phenoxy) is 2. The van der Waals surface area contributed by atoms with Gasteiger partial charge >= 0.3 is 5.97 Å². The highest BCUT2D eigenvalue weighted by Crippen LogP contribution is 2.16. The van der Waals surface area contributed by atoms with Gasteiger partial charge in [0.25, 0.3) is 11.6 Å². The van der Waals surface area contributed by atoms with Gasteiger partial charge in [-0.2, -0.15) is 0 Å². The molecule has 0 aromatic heterocycles. The van der Waals surface area contributed by atoms with Crippen LogP contribution in [0.1, 0.15) is 19.4 Å². The molecule has 2 unspecified atom stereocenters. The summed E-state index contributed by atoms with van der Waals surface area (Å²) in [6, 6.07) is 11.3. The van der Waals surface area contributed by atoms with Crippen molar-refractivity contribution in [1.29, 1.82) is 0 Å².